The summed E-state index contributed by atoms with van der Waals surface area (Å²) >= 11 is 3.05. The van der Waals surface area contributed by atoms with Crippen LogP contribution in [0.2, 0.25) is 0 Å². The van der Waals surface area contributed by atoms with Crippen LogP contribution in [0.4, 0.5) is 11.4 Å². The van der Waals surface area contributed by atoms with Gasteiger partial charge in [-0.25, -0.2) is 0 Å². The van der Waals surface area contributed by atoms with Gasteiger partial charge in [0, 0.05) is 112 Å². The maximum absolute atomic E-state index is 12.8. The van der Waals surface area contributed by atoms with E-state index < -0.39 is 0 Å². The van der Waals surface area contributed by atoms with Crippen molar-refractivity contribution >= 4 is 76.5 Å². The van der Waals surface area contributed by atoms with E-state index in [9.17, 15) is 23.5 Å². The molecule has 4 aliphatic rings. The van der Waals surface area contributed by atoms with Crippen molar-refractivity contribution in [2.75, 3.05) is 37.8 Å². The highest BCUT2D eigenvalue weighted by molar-refractivity contribution is 7.94. The lowest BCUT2D eigenvalue weighted by atomic mass is 9.79. The van der Waals surface area contributed by atoms with E-state index in [4.69, 9.17) is 4.18 Å². The number of rotatable bonds is 21. The third-order valence-electron chi connectivity index (χ3n) is 14.1. The number of imide groups is 1. The first kappa shape index (κ1) is 51.5. The van der Waals surface area contributed by atoms with E-state index in [0.717, 1.165) is 109 Å². The molecule has 13 heteroatoms. The van der Waals surface area contributed by atoms with E-state index in [1.54, 1.807) is 7.11 Å². The van der Waals surface area contributed by atoms with Gasteiger partial charge in [0.05, 0.1) is 12.5 Å². The molecule has 1 fully saturated rings. The molecular weight excluding hydrogens is 909 g/mol. The number of aryl methyl sites for hydroxylation is 1. The zero-order chi connectivity index (χ0) is 48.6. The highest BCUT2D eigenvalue weighted by Gasteiger charge is 2.45. The van der Waals surface area contributed by atoms with Crippen LogP contribution in [0.3, 0.4) is 0 Å². The lowest BCUT2D eigenvalue weighted by Gasteiger charge is -2.24. The molecule has 7 rings (SSSR count). The molecule has 1 atom stereocenters. The van der Waals surface area contributed by atoms with Crippen LogP contribution in [-0.2, 0) is 35.8 Å². The number of amides is 3. The van der Waals surface area contributed by atoms with Crippen molar-refractivity contribution in [1.29, 1.82) is 0 Å². The number of nitrogens with one attached hydrogen (secondary N) is 2. The maximum atomic E-state index is 12.8. The number of carbonyl (C=O) groups is 3. The molecule has 0 saturated carbocycles. The summed E-state index contributed by atoms with van der Waals surface area (Å²) in [5.74, 6) is 0.201. The Bertz CT molecular complexity index is 2540. The van der Waals surface area contributed by atoms with E-state index in [0.29, 0.717) is 12.2 Å². The molecule has 1 unspecified atom stereocenters. The third kappa shape index (κ3) is 11.6. The molecule has 4 N–H and O–H groups in total. The summed E-state index contributed by atoms with van der Waals surface area (Å²) in [6, 6.07) is 21.6. The number of anilines is 1. The minimum atomic E-state index is -0.308. The monoisotopic (exact) mass is 977 g/mol. The van der Waals surface area contributed by atoms with Gasteiger partial charge in [-0.05, 0) is 147 Å². The molecule has 3 aromatic carbocycles. The Hall–Kier alpha value is -4.37. The van der Waals surface area contributed by atoms with Crippen molar-refractivity contribution in [2.24, 2.45) is 11.8 Å². The number of carbonyl (C=O) groups excluding carboxylic acids is 3. The van der Waals surface area contributed by atoms with Gasteiger partial charge >= 0.3 is 0 Å². The lowest BCUT2D eigenvalue weighted by molar-refractivity contribution is -0.438. The summed E-state index contributed by atoms with van der Waals surface area (Å²) < 4.78 is 27.3. The maximum Gasteiger partial charge on any atom is 0.233 e. The van der Waals surface area contributed by atoms with Crippen LogP contribution >= 0.6 is 36.1 Å². The third-order valence-corrected chi connectivity index (χ3v) is 15.7. The predicted molar refractivity (Wildman–Crippen MR) is 281 cm³/mol. The van der Waals surface area contributed by atoms with Crippen LogP contribution in [-0.4, -0.2) is 74.5 Å². The number of allylic oxidation sites excluding steroid dienone is 8. The highest BCUT2D eigenvalue weighted by atomic mass is 32.2. The molecule has 10 nitrogen and oxygen atoms in total. The van der Waals surface area contributed by atoms with Crippen molar-refractivity contribution in [1.82, 2.24) is 10.2 Å². The van der Waals surface area contributed by atoms with Gasteiger partial charge in [0.25, 0.3) is 0 Å². The normalized spacial score (nSPS) is 19.9. The summed E-state index contributed by atoms with van der Waals surface area (Å²) in [6.07, 6.45) is 17.1. The van der Waals surface area contributed by atoms with Gasteiger partial charge in [0.15, 0.2) is 5.71 Å². The quantitative estimate of drug-likeness (QED) is 0.0354. The molecule has 3 aliphatic heterocycles. The summed E-state index contributed by atoms with van der Waals surface area (Å²) in [5.41, 5.74) is 12.8. The SMILES string of the molecule is COSc1ccc2c(c1)C(C)(C)/C(=C\C=C1/CCCC(/C=C/C3=[N+](CCCCSO)c4ccc(SO)cc4C3(C)C)=C1c1cccc(CCCCC(=O)NCCN3C(=O)CC(C(C)C)C3=O)c1)N2. The molecular formula is C55H69N4O6S3+. The molecule has 1 aliphatic carbocycles. The molecule has 0 bridgehead atoms. The average molecular weight is 978 g/mol. The second kappa shape index (κ2) is 23.0. The second-order valence-corrected chi connectivity index (χ2v) is 22.0. The van der Waals surface area contributed by atoms with E-state index in [2.05, 4.69) is 122 Å². The van der Waals surface area contributed by atoms with Crippen LogP contribution in [0.15, 0.2) is 112 Å². The zero-order valence-electron chi connectivity index (χ0n) is 40.8. The van der Waals surface area contributed by atoms with Crippen LogP contribution in [0, 0.1) is 11.8 Å². The fourth-order valence-electron chi connectivity index (χ4n) is 10.2. The summed E-state index contributed by atoms with van der Waals surface area (Å²) in [4.78, 5) is 41.2. The van der Waals surface area contributed by atoms with Gasteiger partial charge < -0.3 is 23.9 Å². The topological polar surface area (TPSA) is 131 Å². The van der Waals surface area contributed by atoms with Crippen molar-refractivity contribution in [3.63, 3.8) is 0 Å². The van der Waals surface area contributed by atoms with Crippen molar-refractivity contribution < 1.29 is 32.2 Å². The van der Waals surface area contributed by atoms with E-state index in [1.807, 2.05) is 19.9 Å². The van der Waals surface area contributed by atoms with Crippen LogP contribution in [0.1, 0.15) is 122 Å². The molecule has 3 heterocycles. The first-order valence-electron chi connectivity index (χ1n) is 24.2. The van der Waals surface area contributed by atoms with Gasteiger partial charge in [0.2, 0.25) is 23.4 Å². The molecule has 362 valence electrons. The number of hydrogen-bond donors (Lipinski definition) is 4. The highest BCUT2D eigenvalue weighted by Crippen LogP contribution is 2.46. The average Bonchev–Trinajstić information content (AvgIpc) is 3.84. The number of benzene rings is 3. The minimum absolute atomic E-state index is 0.0647. The second-order valence-electron chi connectivity index (χ2n) is 19.7. The lowest BCUT2D eigenvalue weighted by Crippen LogP contribution is -2.38. The summed E-state index contributed by atoms with van der Waals surface area (Å²) in [5, 5.41) is 6.66. The van der Waals surface area contributed by atoms with Gasteiger partial charge in [-0.2, -0.15) is 4.58 Å². The molecule has 3 amide bonds. The van der Waals surface area contributed by atoms with Crippen molar-refractivity contribution in [3.05, 3.63) is 124 Å². The van der Waals surface area contributed by atoms with Gasteiger partial charge in [-0.3, -0.25) is 19.3 Å². The summed E-state index contributed by atoms with van der Waals surface area (Å²) in [6.45, 7) is 14.3. The Balaban J connectivity index is 1.15. The Kier molecular flexibility index (Phi) is 17.4. The number of hydrogen-bond acceptors (Lipinski definition) is 10. The number of likely N-dealkylation sites (tertiary alicyclic amines) is 1. The zero-order valence-corrected chi connectivity index (χ0v) is 43.2. The van der Waals surface area contributed by atoms with Gasteiger partial charge in [-0.1, -0.05) is 64.1 Å². The summed E-state index contributed by atoms with van der Waals surface area (Å²) in [7, 11) is 1.70. The van der Waals surface area contributed by atoms with Crippen molar-refractivity contribution in [2.45, 2.75) is 126 Å². The molecule has 0 radical (unpaired) electrons. The largest absolute Gasteiger partial charge is 0.358 e. The Morgan fingerprint density at radius 1 is 0.941 bits per heavy atom. The molecule has 68 heavy (non-hydrogen) atoms. The van der Waals surface area contributed by atoms with Crippen LogP contribution in [0.5, 0.6) is 0 Å². The number of fused-ring (bicyclic) bond motifs is 2. The molecule has 0 aromatic heterocycles. The Labute approximate surface area is 416 Å². The van der Waals surface area contributed by atoms with E-state index >= 15 is 0 Å². The standard InChI is InChI=1S/C55H68N4O6S3/c1-36(2)43-35-51(61)59(53(43)62)30-28-56-50(60)19-9-8-14-37-15-12-18-40(32-37)52-38(20-26-48-54(3,4)44-34-42(68-65-7)22-24-46(44)57-48)16-13-17-39(52)21-27-49-55(5,6)45-33-41(67-64)23-25-47(45)58(49)29-10-11-31-66-63/h12,15,18,20-27,32-34,36,43H,8-11,13-14,16-17,19,28-31,35H2,1-7H3,(H3,56,60,63,64)/p+1. The Morgan fingerprint density at radius 2 is 1.74 bits per heavy atom. The number of nitrogens with zero attached hydrogens (tertiary/aromatic N) is 2. The Morgan fingerprint density at radius 3 is 2.49 bits per heavy atom. The smallest absolute Gasteiger partial charge is 0.233 e. The number of unbranched alkanes of at least 4 members (excludes halogenated alkanes) is 2. The van der Waals surface area contributed by atoms with Crippen LogP contribution < -0.4 is 10.6 Å². The molecule has 1 saturated heterocycles. The van der Waals surface area contributed by atoms with Crippen LogP contribution in [0.25, 0.3) is 5.57 Å². The fraction of sp³-hybridized carbons (Fsp3) is 0.455. The fourth-order valence-corrected chi connectivity index (χ4v) is 11.3. The first-order chi connectivity index (χ1) is 32.7. The molecule has 0 spiro atoms. The minimum Gasteiger partial charge on any atom is -0.358 e. The predicted octanol–water partition coefficient (Wildman–Crippen LogP) is 12.5. The first-order valence-corrected chi connectivity index (χ1v) is 26.7. The van der Waals surface area contributed by atoms with Gasteiger partial charge in [0.1, 0.15) is 6.54 Å². The van der Waals surface area contributed by atoms with Crippen molar-refractivity contribution in [3.8, 4) is 0 Å². The van der Waals surface area contributed by atoms with Gasteiger partial charge in [-0.15, -0.1) is 0 Å². The van der Waals surface area contributed by atoms with E-state index in [1.165, 1.54) is 61.6 Å². The molecule has 3 aromatic rings. The van der Waals surface area contributed by atoms with E-state index in [-0.39, 0.29) is 59.9 Å².